The third-order valence-corrected chi connectivity index (χ3v) is 4.55. The predicted molar refractivity (Wildman–Crippen MR) is 103 cm³/mol. The van der Waals surface area contributed by atoms with E-state index in [2.05, 4.69) is 5.32 Å². The van der Waals surface area contributed by atoms with E-state index in [1.807, 2.05) is 0 Å². The molecule has 146 valence electrons. The number of carbonyl (C=O) groups is 1. The van der Waals surface area contributed by atoms with Crippen LogP contribution in [0.15, 0.2) is 53.3 Å². The summed E-state index contributed by atoms with van der Waals surface area (Å²) in [6, 6.07) is 11.3. The predicted octanol–water partition coefficient (Wildman–Crippen LogP) is 4.82. The molecule has 3 rings (SSSR count). The number of rotatable bonds is 3. The molecule has 4 nitrogen and oxygen atoms in total. The lowest BCUT2D eigenvalue weighted by Gasteiger charge is -2.19. The number of nitrogens with zero attached hydrogens (tertiary/aromatic N) is 1. The van der Waals surface area contributed by atoms with Crippen LogP contribution in [-0.4, -0.2) is 10.5 Å². The van der Waals surface area contributed by atoms with Gasteiger partial charge in [-0.05, 0) is 29.8 Å². The first-order valence-electron chi connectivity index (χ1n) is 8.71. The van der Waals surface area contributed by atoms with Crippen LogP contribution in [0.2, 0.25) is 0 Å². The van der Waals surface area contributed by atoms with Gasteiger partial charge in [0.1, 0.15) is 5.82 Å². The quantitative estimate of drug-likeness (QED) is 0.700. The number of halogens is 3. The summed E-state index contributed by atoms with van der Waals surface area (Å²) < 4.78 is 41.2. The van der Waals surface area contributed by atoms with Gasteiger partial charge in [-0.25, -0.2) is 0 Å². The summed E-state index contributed by atoms with van der Waals surface area (Å²) in [5.41, 5.74) is -0.600. The lowest BCUT2D eigenvalue weighted by atomic mass is 10.00. The molecule has 0 unspecified atom stereocenters. The number of anilines is 1. The SMILES string of the molecule is CC(C)C(=O)Nc1c(-c2cccc(C(F)(F)F)c2)c(=O)c2ccccc2n1C. The summed E-state index contributed by atoms with van der Waals surface area (Å²) in [6.45, 7) is 3.39. The lowest BCUT2D eigenvalue weighted by Crippen LogP contribution is -2.24. The Morgan fingerprint density at radius 2 is 1.75 bits per heavy atom. The minimum absolute atomic E-state index is 0.0290. The Morgan fingerprint density at radius 1 is 1.07 bits per heavy atom. The van der Waals surface area contributed by atoms with E-state index in [-0.39, 0.29) is 28.8 Å². The molecule has 0 spiro atoms. The average molecular weight is 388 g/mol. The van der Waals surface area contributed by atoms with Crippen molar-refractivity contribution in [2.45, 2.75) is 20.0 Å². The fraction of sp³-hybridized carbons (Fsp3) is 0.238. The topological polar surface area (TPSA) is 51.1 Å². The molecule has 0 aliphatic carbocycles. The van der Waals surface area contributed by atoms with Crippen molar-refractivity contribution in [1.29, 1.82) is 0 Å². The molecular weight excluding hydrogens is 369 g/mol. The summed E-state index contributed by atoms with van der Waals surface area (Å²) in [5.74, 6) is -0.531. The van der Waals surface area contributed by atoms with Crippen molar-refractivity contribution in [2.75, 3.05) is 5.32 Å². The Hall–Kier alpha value is -3.09. The fourth-order valence-electron chi connectivity index (χ4n) is 3.01. The van der Waals surface area contributed by atoms with Gasteiger partial charge in [-0.15, -0.1) is 0 Å². The first-order chi connectivity index (χ1) is 13.1. The lowest BCUT2D eigenvalue weighted by molar-refractivity contribution is -0.137. The first kappa shape index (κ1) is 19.7. The van der Waals surface area contributed by atoms with Crippen LogP contribution >= 0.6 is 0 Å². The van der Waals surface area contributed by atoms with E-state index in [1.54, 1.807) is 49.7 Å². The van der Waals surface area contributed by atoms with Gasteiger partial charge < -0.3 is 9.88 Å². The molecule has 2 aromatic carbocycles. The highest BCUT2D eigenvalue weighted by atomic mass is 19.4. The van der Waals surface area contributed by atoms with Gasteiger partial charge in [-0.1, -0.05) is 38.1 Å². The molecule has 0 bridgehead atoms. The van der Waals surface area contributed by atoms with E-state index in [9.17, 15) is 22.8 Å². The second-order valence-corrected chi connectivity index (χ2v) is 6.85. The van der Waals surface area contributed by atoms with E-state index < -0.39 is 17.2 Å². The number of benzene rings is 2. The van der Waals surface area contributed by atoms with Gasteiger partial charge in [-0.2, -0.15) is 13.2 Å². The van der Waals surface area contributed by atoms with Crippen molar-refractivity contribution in [2.24, 2.45) is 13.0 Å². The average Bonchev–Trinajstić information content (AvgIpc) is 2.65. The van der Waals surface area contributed by atoms with E-state index in [1.165, 1.54) is 12.1 Å². The number of nitrogens with one attached hydrogen (secondary N) is 1. The van der Waals surface area contributed by atoms with Gasteiger partial charge >= 0.3 is 6.18 Å². The van der Waals surface area contributed by atoms with Crippen LogP contribution in [0.3, 0.4) is 0 Å². The van der Waals surface area contributed by atoms with E-state index in [0.29, 0.717) is 10.9 Å². The van der Waals surface area contributed by atoms with E-state index in [0.717, 1.165) is 12.1 Å². The molecule has 0 aliphatic rings. The molecule has 1 aromatic heterocycles. The monoisotopic (exact) mass is 388 g/mol. The standard InChI is InChI=1S/C21H19F3N2O2/c1-12(2)20(28)25-19-17(13-7-6-8-14(11-13)21(22,23)24)18(27)15-9-4-5-10-16(15)26(19)3/h4-12H,1-3H3,(H,25,28). The number of hydrogen-bond donors (Lipinski definition) is 1. The molecule has 3 aromatic rings. The Labute approximate surface area is 159 Å². The van der Waals surface area contributed by atoms with Gasteiger partial charge in [0.2, 0.25) is 5.91 Å². The highest BCUT2D eigenvalue weighted by Crippen LogP contribution is 2.34. The number of amides is 1. The zero-order valence-electron chi connectivity index (χ0n) is 15.6. The molecule has 0 radical (unpaired) electrons. The molecule has 0 saturated heterocycles. The van der Waals surface area contributed by atoms with Crippen LogP contribution in [0.4, 0.5) is 19.0 Å². The van der Waals surface area contributed by atoms with Crippen molar-refractivity contribution in [3.8, 4) is 11.1 Å². The number of hydrogen-bond acceptors (Lipinski definition) is 2. The molecule has 7 heteroatoms. The molecule has 0 atom stereocenters. The van der Waals surface area contributed by atoms with Crippen molar-refractivity contribution < 1.29 is 18.0 Å². The molecule has 1 N–H and O–H groups in total. The summed E-state index contributed by atoms with van der Waals surface area (Å²) in [4.78, 5) is 25.5. The molecular formula is C21H19F3N2O2. The highest BCUT2D eigenvalue weighted by molar-refractivity contribution is 5.98. The maximum Gasteiger partial charge on any atom is 0.416 e. The largest absolute Gasteiger partial charge is 0.416 e. The summed E-state index contributed by atoms with van der Waals surface area (Å²) in [6.07, 6.45) is -4.54. The van der Waals surface area contributed by atoms with Crippen LogP contribution in [0.5, 0.6) is 0 Å². The minimum atomic E-state index is -4.54. The van der Waals surface area contributed by atoms with Gasteiger partial charge in [0.15, 0.2) is 5.43 Å². The van der Waals surface area contributed by atoms with Gasteiger partial charge in [0.05, 0.1) is 16.6 Å². The number of para-hydroxylation sites is 1. The first-order valence-corrected chi connectivity index (χ1v) is 8.71. The fourth-order valence-corrected chi connectivity index (χ4v) is 3.01. The molecule has 1 amide bonds. The minimum Gasteiger partial charge on any atom is -0.330 e. The Balaban J connectivity index is 2.36. The Kier molecular flexibility index (Phi) is 5.02. The van der Waals surface area contributed by atoms with Crippen LogP contribution in [0.1, 0.15) is 19.4 Å². The van der Waals surface area contributed by atoms with Crippen LogP contribution < -0.4 is 10.7 Å². The van der Waals surface area contributed by atoms with Gasteiger partial charge in [0.25, 0.3) is 0 Å². The van der Waals surface area contributed by atoms with Crippen LogP contribution in [-0.2, 0) is 18.0 Å². The van der Waals surface area contributed by atoms with Crippen molar-refractivity contribution in [3.63, 3.8) is 0 Å². The van der Waals surface area contributed by atoms with Gasteiger partial charge in [-0.3, -0.25) is 9.59 Å². The molecule has 0 saturated carbocycles. The third kappa shape index (κ3) is 3.52. The second-order valence-electron chi connectivity index (χ2n) is 6.85. The number of aromatic nitrogens is 1. The van der Waals surface area contributed by atoms with Crippen molar-refractivity contribution >= 4 is 22.6 Å². The van der Waals surface area contributed by atoms with Crippen LogP contribution in [0.25, 0.3) is 22.0 Å². The van der Waals surface area contributed by atoms with Crippen molar-refractivity contribution in [3.05, 3.63) is 64.3 Å². The second kappa shape index (κ2) is 7.14. The molecule has 0 fully saturated rings. The highest BCUT2D eigenvalue weighted by Gasteiger charge is 2.31. The summed E-state index contributed by atoms with van der Waals surface area (Å²) >= 11 is 0. The van der Waals surface area contributed by atoms with E-state index >= 15 is 0 Å². The normalized spacial score (nSPS) is 11.8. The summed E-state index contributed by atoms with van der Waals surface area (Å²) in [7, 11) is 1.66. The number of pyridine rings is 1. The molecule has 0 aliphatic heterocycles. The molecule has 1 heterocycles. The maximum atomic E-state index is 13.2. The van der Waals surface area contributed by atoms with E-state index in [4.69, 9.17) is 0 Å². The van der Waals surface area contributed by atoms with Gasteiger partial charge in [0, 0.05) is 18.4 Å². The Bertz CT molecular complexity index is 1110. The number of fused-ring (bicyclic) bond motifs is 1. The smallest absolute Gasteiger partial charge is 0.330 e. The number of aryl methyl sites for hydroxylation is 1. The third-order valence-electron chi connectivity index (χ3n) is 4.55. The van der Waals surface area contributed by atoms with Crippen LogP contribution in [0, 0.1) is 5.92 Å². The molecule has 28 heavy (non-hydrogen) atoms. The summed E-state index contributed by atoms with van der Waals surface area (Å²) in [5, 5.41) is 3.07. The zero-order chi connectivity index (χ0) is 20.6. The maximum absolute atomic E-state index is 13.2. The van der Waals surface area contributed by atoms with Crippen molar-refractivity contribution in [1.82, 2.24) is 4.57 Å². The number of carbonyl (C=O) groups excluding carboxylic acids is 1. The number of alkyl halides is 3. The zero-order valence-corrected chi connectivity index (χ0v) is 15.6. The Morgan fingerprint density at radius 3 is 2.39 bits per heavy atom.